The van der Waals surface area contributed by atoms with Crippen LogP contribution in [-0.4, -0.2) is 17.0 Å². The highest BCUT2D eigenvalue weighted by molar-refractivity contribution is 5.11. The maximum absolute atomic E-state index is 4.14. The highest BCUT2D eigenvalue weighted by Crippen LogP contribution is 2.38. The van der Waals surface area contributed by atoms with Gasteiger partial charge in [-0.25, -0.2) is 9.97 Å². The second-order valence-electron chi connectivity index (χ2n) is 5.86. The van der Waals surface area contributed by atoms with E-state index in [1.807, 2.05) is 19.4 Å². The lowest BCUT2D eigenvalue weighted by Gasteiger charge is -2.35. The maximum Gasteiger partial charge on any atom is 0.115 e. The van der Waals surface area contributed by atoms with E-state index in [2.05, 4.69) is 29.1 Å². The number of hydrogen-bond acceptors (Lipinski definition) is 3. The molecule has 1 unspecified atom stereocenters. The summed E-state index contributed by atoms with van der Waals surface area (Å²) in [5.41, 5.74) is 1.23. The van der Waals surface area contributed by atoms with Crippen LogP contribution in [0.4, 0.5) is 0 Å². The van der Waals surface area contributed by atoms with Crippen LogP contribution >= 0.6 is 0 Å². The van der Waals surface area contributed by atoms with Gasteiger partial charge >= 0.3 is 0 Å². The molecule has 1 aromatic rings. The van der Waals surface area contributed by atoms with Crippen LogP contribution in [0.25, 0.3) is 0 Å². The van der Waals surface area contributed by atoms with Gasteiger partial charge in [0, 0.05) is 24.0 Å². The van der Waals surface area contributed by atoms with Crippen molar-refractivity contribution in [2.45, 2.75) is 45.6 Å². The third-order valence-electron chi connectivity index (χ3n) is 4.48. The molecular weight excluding hydrogens is 222 g/mol. The van der Waals surface area contributed by atoms with Crippen molar-refractivity contribution in [3.63, 3.8) is 0 Å². The van der Waals surface area contributed by atoms with E-state index < -0.39 is 0 Å². The average molecular weight is 247 g/mol. The second kappa shape index (κ2) is 6.28. The van der Waals surface area contributed by atoms with Gasteiger partial charge in [-0.2, -0.15) is 0 Å². The molecule has 2 rings (SSSR count). The van der Waals surface area contributed by atoms with Gasteiger partial charge in [0.2, 0.25) is 0 Å². The monoisotopic (exact) mass is 247 g/mol. The van der Waals surface area contributed by atoms with Crippen molar-refractivity contribution in [3.8, 4) is 0 Å². The number of nitrogens with zero attached hydrogens (tertiary/aromatic N) is 2. The molecule has 1 fully saturated rings. The van der Waals surface area contributed by atoms with Gasteiger partial charge in [0.15, 0.2) is 0 Å². The van der Waals surface area contributed by atoms with Crippen LogP contribution in [0.2, 0.25) is 0 Å². The van der Waals surface area contributed by atoms with Crippen LogP contribution in [0.15, 0.2) is 18.7 Å². The van der Waals surface area contributed by atoms with E-state index in [0.29, 0.717) is 6.04 Å². The summed E-state index contributed by atoms with van der Waals surface area (Å²) in [5, 5.41) is 3.45. The second-order valence-corrected chi connectivity index (χ2v) is 5.86. The Hall–Kier alpha value is -0.960. The van der Waals surface area contributed by atoms with Crippen molar-refractivity contribution in [1.82, 2.24) is 15.3 Å². The van der Waals surface area contributed by atoms with Crippen LogP contribution in [0, 0.1) is 17.8 Å². The Morgan fingerprint density at radius 3 is 2.11 bits per heavy atom. The fourth-order valence-corrected chi connectivity index (χ4v) is 3.29. The molecule has 0 spiro atoms. The first-order valence-corrected chi connectivity index (χ1v) is 7.14. The molecule has 1 heterocycles. The summed E-state index contributed by atoms with van der Waals surface area (Å²) < 4.78 is 0. The third kappa shape index (κ3) is 3.08. The molecule has 18 heavy (non-hydrogen) atoms. The van der Waals surface area contributed by atoms with Crippen LogP contribution in [0.3, 0.4) is 0 Å². The van der Waals surface area contributed by atoms with Crippen LogP contribution in [0.1, 0.15) is 51.1 Å². The van der Waals surface area contributed by atoms with Gasteiger partial charge in [0.05, 0.1) is 0 Å². The molecular formula is C15H25N3. The van der Waals surface area contributed by atoms with Crippen LogP contribution in [0.5, 0.6) is 0 Å². The summed E-state index contributed by atoms with van der Waals surface area (Å²) in [4.78, 5) is 8.28. The molecule has 1 aliphatic carbocycles. The maximum atomic E-state index is 4.14. The summed E-state index contributed by atoms with van der Waals surface area (Å²) in [6.07, 6.45) is 10.9. The summed E-state index contributed by atoms with van der Waals surface area (Å²) >= 11 is 0. The van der Waals surface area contributed by atoms with E-state index >= 15 is 0 Å². The highest BCUT2D eigenvalue weighted by atomic mass is 14.9. The molecule has 1 N–H and O–H groups in total. The SMILES string of the molecule is CNC(c1cncnc1)C1CCC(C(C)C)CC1. The first-order valence-electron chi connectivity index (χ1n) is 7.14. The van der Waals surface area contributed by atoms with E-state index in [1.54, 1.807) is 6.33 Å². The van der Waals surface area contributed by atoms with Crippen molar-refractivity contribution in [2.24, 2.45) is 17.8 Å². The van der Waals surface area contributed by atoms with E-state index in [4.69, 9.17) is 0 Å². The molecule has 0 bridgehead atoms. The minimum Gasteiger partial charge on any atom is -0.313 e. The third-order valence-corrected chi connectivity index (χ3v) is 4.48. The molecule has 100 valence electrons. The normalized spacial score (nSPS) is 26.2. The Kier molecular flexibility index (Phi) is 4.70. The fraction of sp³-hybridized carbons (Fsp3) is 0.733. The summed E-state index contributed by atoms with van der Waals surface area (Å²) in [6.45, 7) is 4.71. The lowest BCUT2D eigenvalue weighted by Crippen LogP contribution is -2.30. The average Bonchev–Trinajstić information content (AvgIpc) is 2.41. The topological polar surface area (TPSA) is 37.8 Å². The Balaban J connectivity index is 1.99. The molecule has 0 aromatic carbocycles. The van der Waals surface area contributed by atoms with Gasteiger partial charge in [0.25, 0.3) is 0 Å². The van der Waals surface area contributed by atoms with Crippen molar-refractivity contribution >= 4 is 0 Å². The van der Waals surface area contributed by atoms with Gasteiger partial charge in [-0.1, -0.05) is 13.8 Å². The standard InChI is InChI=1S/C15H25N3/c1-11(2)12-4-6-13(7-5-12)15(16-3)14-8-17-10-18-9-14/h8-13,15-16H,4-7H2,1-3H3. The van der Waals surface area contributed by atoms with Crippen molar-refractivity contribution < 1.29 is 0 Å². The molecule has 1 atom stereocenters. The van der Waals surface area contributed by atoms with Crippen molar-refractivity contribution in [2.75, 3.05) is 7.05 Å². The Bertz CT molecular complexity index is 342. The predicted octanol–water partition coefficient (Wildman–Crippen LogP) is 3.20. The lowest BCUT2D eigenvalue weighted by molar-refractivity contribution is 0.192. The fourth-order valence-electron chi connectivity index (χ4n) is 3.29. The Morgan fingerprint density at radius 2 is 1.61 bits per heavy atom. The molecule has 3 heteroatoms. The first-order chi connectivity index (χ1) is 8.72. The number of hydrogen-bond donors (Lipinski definition) is 1. The van der Waals surface area contributed by atoms with Crippen molar-refractivity contribution in [3.05, 3.63) is 24.3 Å². The molecule has 1 saturated carbocycles. The molecule has 0 radical (unpaired) electrons. The molecule has 0 saturated heterocycles. The summed E-state index contributed by atoms with van der Waals surface area (Å²) in [7, 11) is 2.05. The van der Waals surface area contributed by atoms with Gasteiger partial charge in [-0.15, -0.1) is 0 Å². The van der Waals surface area contributed by atoms with Gasteiger partial charge < -0.3 is 5.32 Å². The van der Waals surface area contributed by atoms with Gasteiger partial charge in [0.1, 0.15) is 6.33 Å². The zero-order valence-electron chi connectivity index (χ0n) is 11.8. The van der Waals surface area contributed by atoms with Crippen LogP contribution in [-0.2, 0) is 0 Å². The van der Waals surface area contributed by atoms with E-state index in [0.717, 1.165) is 17.8 Å². The van der Waals surface area contributed by atoms with Crippen molar-refractivity contribution in [1.29, 1.82) is 0 Å². The summed E-state index contributed by atoms with van der Waals surface area (Å²) in [5.74, 6) is 2.49. The molecule has 1 aromatic heterocycles. The number of aromatic nitrogens is 2. The minimum absolute atomic E-state index is 0.416. The number of nitrogens with one attached hydrogen (secondary N) is 1. The smallest absolute Gasteiger partial charge is 0.115 e. The predicted molar refractivity (Wildman–Crippen MR) is 74.1 cm³/mol. The van der Waals surface area contributed by atoms with Gasteiger partial charge in [-0.3, -0.25) is 0 Å². The van der Waals surface area contributed by atoms with Crippen LogP contribution < -0.4 is 5.32 Å². The largest absolute Gasteiger partial charge is 0.313 e. The Labute approximate surface area is 110 Å². The van der Waals surface area contributed by atoms with E-state index in [1.165, 1.54) is 31.2 Å². The van der Waals surface area contributed by atoms with E-state index in [-0.39, 0.29) is 0 Å². The quantitative estimate of drug-likeness (QED) is 0.888. The summed E-state index contributed by atoms with van der Waals surface area (Å²) in [6, 6.07) is 0.416. The number of rotatable bonds is 4. The zero-order chi connectivity index (χ0) is 13.0. The highest BCUT2D eigenvalue weighted by Gasteiger charge is 2.29. The minimum atomic E-state index is 0.416. The molecule has 0 aliphatic heterocycles. The Morgan fingerprint density at radius 1 is 1.06 bits per heavy atom. The molecule has 1 aliphatic rings. The first kappa shape index (κ1) is 13.5. The lowest BCUT2D eigenvalue weighted by atomic mass is 9.73. The van der Waals surface area contributed by atoms with Gasteiger partial charge in [-0.05, 0) is 50.5 Å². The zero-order valence-corrected chi connectivity index (χ0v) is 11.8. The molecule has 3 nitrogen and oxygen atoms in total. The van der Waals surface area contributed by atoms with E-state index in [9.17, 15) is 0 Å². The molecule has 0 amide bonds.